The van der Waals surface area contributed by atoms with Crippen LogP contribution in [0.3, 0.4) is 0 Å². The van der Waals surface area contributed by atoms with Crippen LogP contribution in [0, 0.1) is 0 Å². The van der Waals surface area contributed by atoms with Crippen LogP contribution in [0.25, 0.3) is 10.9 Å². The first-order chi connectivity index (χ1) is 13.9. The quantitative estimate of drug-likeness (QED) is 0.530. The number of nitrogens with zero attached hydrogens (tertiary/aromatic N) is 2. The van der Waals surface area contributed by atoms with Crippen molar-refractivity contribution in [1.82, 2.24) is 9.55 Å². The molecular weight excluding hydrogens is 368 g/mol. The molecular formula is C23H28N2O4. The lowest BCUT2D eigenvalue weighted by Crippen LogP contribution is -2.11. The highest BCUT2D eigenvalue weighted by molar-refractivity contribution is 6.05. The number of pyridine rings is 1. The maximum absolute atomic E-state index is 11.9. The zero-order valence-corrected chi connectivity index (χ0v) is 17.4. The van der Waals surface area contributed by atoms with Gasteiger partial charge in [0.15, 0.2) is 0 Å². The lowest BCUT2D eigenvalue weighted by atomic mass is 9.99. The first-order valence-electron chi connectivity index (χ1n) is 9.91. The van der Waals surface area contributed by atoms with E-state index < -0.39 is 5.97 Å². The molecule has 6 heteroatoms. The average molecular weight is 396 g/mol. The Hall–Kier alpha value is -2.86. The van der Waals surface area contributed by atoms with Crippen molar-refractivity contribution in [2.24, 2.45) is 0 Å². The van der Waals surface area contributed by atoms with Crippen molar-refractivity contribution >= 4 is 16.9 Å². The fourth-order valence-corrected chi connectivity index (χ4v) is 3.37. The van der Waals surface area contributed by atoms with Crippen LogP contribution in [0.15, 0.2) is 42.7 Å². The van der Waals surface area contributed by atoms with Crippen molar-refractivity contribution in [1.29, 1.82) is 0 Å². The Kier molecular flexibility index (Phi) is 6.54. The predicted octanol–water partition coefficient (Wildman–Crippen LogP) is 4.71. The van der Waals surface area contributed by atoms with Gasteiger partial charge in [0.2, 0.25) is 0 Å². The third-order valence-corrected chi connectivity index (χ3v) is 4.69. The molecule has 1 aromatic carbocycles. The summed E-state index contributed by atoms with van der Waals surface area (Å²) in [5, 5.41) is 10.4. The standard InChI is InChI=1S/C23H28N2O4/c1-15(2)19-11-18(29-10-9-28-16(3)4)12-20-21(23(26)27)14-25(22(19)20)13-17-7-5-6-8-24-17/h5-8,11-12,14-16H,9-10,13H2,1-4H3,(H,26,27). The van der Waals surface area contributed by atoms with Gasteiger partial charge in [-0.05, 0) is 49.6 Å². The molecule has 3 aromatic rings. The first-order valence-corrected chi connectivity index (χ1v) is 9.91. The average Bonchev–Trinajstić information content (AvgIpc) is 3.04. The minimum atomic E-state index is -0.954. The second-order valence-corrected chi connectivity index (χ2v) is 7.63. The molecule has 0 atom stereocenters. The molecule has 29 heavy (non-hydrogen) atoms. The van der Waals surface area contributed by atoms with E-state index in [0.29, 0.717) is 30.9 Å². The summed E-state index contributed by atoms with van der Waals surface area (Å²) < 4.78 is 13.4. The van der Waals surface area contributed by atoms with E-state index >= 15 is 0 Å². The van der Waals surface area contributed by atoms with Gasteiger partial charge in [0.05, 0.1) is 36.0 Å². The highest BCUT2D eigenvalue weighted by atomic mass is 16.5. The number of carboxylic acids is 1. The molecule has 0 spiro atoms. The van der Waals surface area contributed by atoms with Gasteiger partial charge in [-0.1, -0.05) is 19.9 Å². The highest BCUT2D eigenvalue weighted by Gasteiger charge is 2.20. The zero-order valence-electron chi connectivity index (χ0n) is 17.4. The Labute approximate surface area is 171 Å². The highest BCUT2D eigenvalue weighted by Crippen LogP contribution is 2.34. The zero-order chi connectivity index (χ0) is 21.0. The number of aromatic nitrogens is 2. The van der Waals surface area contributed by atoms with Crippen LogP contribution in [0.1, 0.15) is 55.2 Å². The smallest absolute Gasteiger partial charge is 0.337 e. The van der Waals surface area contributed by atoms with Crippen molar-refractivity contribution < 1.29 is 19.4 Å². The molecule has 0 fully saturated rings. The summed E-state index contributed by atoms with van der Waals surface area (Å²) in [6, 6.07) is 9.55. The first kappa shape index (κ1) is 20.9. The van der Waals surface area contributed by atoms with Crippen LogP contribution in [-0.2, 0) is 11.3 Å². The fourth-order valence-electron chi connectivity index (χ4n) is 3.37. The third-order valence-electron chi connectivity index (χ3n) is 4.69. The monoisotopic (exact) mass is 396 g/mol. The number of carboxylic acid groups (broad SMARTS) is 1. The number of carbonyl (C=O) groups is 1. The normalized spacial score (nSPS) is 11.5. The largest absolute Gasteiger partial charge is 0.491 e. The second-order valence-electron chi connectivity index (χ2n) is 7.63. The van der Waals surface area contributed by atoms with Crippen molar-refractivity contribution in [3.8, 4) is 5.75 Å². The Morgan fingerprint density at radius 2 is 1.97 bits per heavy atom. The van der Waals surface area contributed by atoms with Gasteiger partial charge in [-0.2, -0.15) is 0 Å². The summed E-state index contributed by atoms with van der Waals surface area (Å²) in [6.07, 6.45) is 3.58. The molecule has 0 aliphatic rings. The molecule has 0 saturated heterocycles. The van der Waals surface area contributed by atoms with Gasteiger partial charge in [-0.25, -0.2) is 4.79 Å². The molecule has 2 aromatic heterocycles. The van der Waals surface area contributed by atoms with E-state index in [-0.39, 0.29) is 17.6 Å². The number of ether oxygens (including phenoxy) is 2. The van der Waals surface area contributed by atoms with Gasteiger partial charge in [0, 0.05) is 17.8 Å². The van der Waals surface area contributed by atoms with Gasteiger partial charge >= 0.3 is 5.97 Å². The van der Waals surface area contributed by atoms with Crippen molar-refractivity contribution in [2.45, 2.75) is 46.3 Å². The SMILES string of the molecule is CC(C)OCCOc1cc(C(C)C)c2c(c1)c(C(=O)O)cn2Cc1ccccn1. The van der Waals surface area contributed by atoms with E-state index in [9.17, 15) is 9.90 Å². The van der Waals surface area contributed by atoms with E-state index in [1.807, 2.05) is 48.7 Å². The van der Waals surface area contributed by atoms with E-state index in [1.165, 1.54) is 0 Å². The van der Waals surface area contributed by atoms with Gasteiger partial charge in [0.25, 0.3) is 0 Å². The number of benzene rings is 1. The summed E-state index contributed by atoms with van der Waals surface area (Å²) in [5.74, 6) is -0.0941. The number of fused-ring (bicyclic) bond motifs is 1. The maximum Gasteiger partial charge on any atom is 0.337 e. The van der Waals surface area contributed by atoms with E-state index in [1.54, 1.807) is 12.4 Å². The van der Waals surface area contributed by atoms with E-state index in [4.69, 9.17) is 9.47 Å². The van der Waals surface area contributed by atoms with Gasteiger partial charge in [-0.3, -0.25) is 4.98 Å². The predicted molar refractivity (Wildman–Crippen MR) is 113 cm³/mol. The van der Waals surface area contributed by atoms with Crippen molar-refractivity contribution in [3.63, 3.8) is 0 Å². The van der Waals surface area contributed by atoms with Gasteiger partial charge in [0.1, 0.15) is 12.4 Å². The van der Waals surface area contributed by atoms with Gasteiger partial charge in [-0.15, -0.1) is 0 Å². The Balaban J connectivity index is 2.03. The van der Waals surface area contributed by atoms with E-state index in [0.717, 1.165) is 16.8 Å². The van der Waals surface area contributed by atoms with Crippen LogP contribution in [0.2, 0.25) is 0 Å². The molecule has 0 amide bonds. The summed E-state index contributed by atoms with van der Waals surface area (Å²) in [4.78, 5) is 16.3. The van der Waals surface area contributed by atoms with Crippen LogP contribution in [0.5, 0.6) is 5.75 Å². The molecule has 6 nitrogen and oxygen atoms in total. The minimum Gasteiger partial charge on any atom is -0.491 e. The minimum absolute atomic E-state index is 0.145. The van der Waals surface area contributed by atoms with Crippen LogP contribution < -0.4 is 4.74 Å². The van der Waals surface area contributed by atoms with Crippen molar-refractivity contribution in [2.75, 3.05) is 13.2 Å². The lowest BCUT2D eigenvalue weighted by Gasteiger charge is -2.15. The Morgan fingerprint density at radius 1 is 1.17 bits per heavy atom. The summed E-state index contributed by atoms with van der Waals surface area (Å²) in [7, 11) is 0. The van der Waals surface area contributed by atoms with Crippen LogP contribution >= 0.6 is 0 Å². The number of aromatic carboxylic acids is 1. The summed E-state index contributed by atoms with van der Waals surface area (Å²) in [5.41, 5.74) is 3.10. The van der Waals surface area contributed by atoms with E-state index in [2.05, 4.69) is 18.8 Å². The summed E-state index contributed by atoms with van der Waals surface area (Å²) >= 11 is 0. The third kappa shape index (κ3) is 4.95. The van der Waals surface area contributed by atoms with Crippen molar-refractivity contribution in [3.05, 3.63) is 59.5 Å². The molecule has 3 rings (SSSR count). The van der Waals surface area contributed by atoms with Gasteiger partial charge < -0.3 is 19.1 Å². The number of hydrogen-bond acceptors (Lipinski definition) is 4. The molecule has 0 unspecified atom stereocenters. The Bertz CT molecular complexity index is 977. The molecule has 2 heterocycles. The second kappa shape index (κ2) is 9.09. The molecule has 0 bridgehead atoms. The molecule has 0 aliphatic carbocycles. The fraction of sp³-hybridized carbons (Fsp3) is 0.391. The van der Waals surface area contributed by atoms with Crippen LogP contribution in [-0.4, -0.2) is 39.9 Å². The topological polar surface area (TPSA) is 73.6 Å². The molecule has 0 radical (unpaired) electrons. The lowest BCUT2D eigenvalue weighted by molar-refractivity contribution is 0.0552. The molecule has 0 aliphatic heterocycles. The van der Waals surface area contributed by atoms with Crippen LogP contribution in [0.4, 0.5) is 0 Å². The molecule has 154 valence electrons. The molecule has 0 saturated carbocycles. The molecule has 1 N–H and O–H groups in total. The Morgan fingerprint density at radius 3 is 2.59 bits per heavy atom. The number of hydrogen-bond donors (Lipinski definition) is 1. The number of rotatable bonds is 9. The summed E-state index contributed by atoms with van der Waals surface area (Å²) in [6.45, 7) is 9.56. The maximum atomic E-state index is 11.9.